The molecule has 1 fully saturated rings. The van der Waals surface area contributed by atoms with Crippen LogP contribution in [0.2, 0.25) is 0 Å². The Bertz CT molecular complexity index is 1430. The number of fused-ring (bicyclic) bond motifs is 4. The number of benzene rings is 3. The Morgan fingerprint density at radius 1 is 1.11 bits per heavy atom. The normalized spacial score (nSPS) is 23.2. The highest BCUT2D eigenvalue weighted by atomic mass is 19.1. The molecule has 0 unspecified atom stereocenters. The molecule has 3 nitrogen and oxygen atoms in total. The lowest BCUT2D eigenvalue weighted by Crippen LogP contribution is -2.41. The molecule has 4 aromatic rings. The fourth-order valence-corrected chi connectivity index (χ4v) is 6.43. The number of hydrogen-bond acceptors (Lipinski definition) is 2. The van der Waals surface area contributed by atoms with Gasteiger partial charge in [0, 0.05) is 17.2 Å². The van der Waals surface area contributed by atoms with Crippen molar-refractivity contribution < 1.29 is 9.18 Å². The van der Waals surface area contributed by atoms with Crippen LogP contribution in [0.4, 0.5) is 4.39 Å². The molecular formula is C31H29FN2O. The fourth-order valence-electron chi connectivity index (χ4n) is 6.43. The molecule has 0 radical (unpaired) electrons. The predicted octanol–water partition coefficient (Wildman–Crippen LogP) is 7.21. The molecular weight excluding hydrogens is 435 g/mol. The summed E-state index contributed by atoms with van der Waals surface area (Å²) in [5, 5.41) is 5.74. The van der Waals surface area contributed by atoms with E-state index in [2.05, 4.69) is 42.4 Å². The van der Waals surface area contributed by atoms with E-state index in [1.54, 1.807) is 12.1 Å². The van der Waals surface area contributed by atoms with Gasteiger partial charge < -0.3 is 0 Å². The zero-order valence-electron chi connectivity index (χ0n) is 20.0. The maximum Gasteiger partial charge on any atom is 0.159 e. The maximum atomic E-state index is 13.5. The average molecular weight is 465 g/mol. The molecule has 4 heteroatoms. The highest BCUT2D eigenvalue weighted by Crippen LogP contribution is 2.52. The lowest BCUT2D eigenvalue weighted by atomic mass is 9.58. The minimum atomic E-state index is -0.249. The topological polar surface area (TPSA) is 34.9 Å². The Kier molecular flexibility index (Phi) is 5.40. The van der Waals surface area contributed by atoms with E-state index in [9.17, 15) is 9.18 Å². The van der Waals surface area contributed by atoms with E-state index in [4.69, 9.17) is 0 Å². The molecule has 35 heavy (non-hydrogen) atoms. The van der Waals surface area contributed by atoms with Crippen LogP contribution in [0.1, 0.15) is 55.7 Å². The van der Waals surface area contributed by atoms with E-state index >= 15 is 0 Å². The van der Waals surface area contributed by atoms with Gasteiger partial charge in [-0.05, 0) is 103 Å². The quantitative estimate of drug-likeness (QED) is 0.300. The predicted molar refractivity (Wildman–Crippen MR) is 138 cm³/mol. The molecule has 2 aliphatic carbocycles. The molecule has 1 saturated carbocycles. The number of hydrogen-bond donors (Lipinski definition) is 0. The molecule has 1 heterocycles. The second kappa shape index (κ2) is 8.60. The van der Waals surface area contributed by atoms with Crippen molar-refractivity contribution in [2.24, 2.45) is 5.92 Å². The van der Waals surface area contributed by atoms with Crippen molar-refractivity contribution in [3.8, 4) is 5.69 Å². The first-order chi connectivity index (χ1) is 17.1. The first-order valence-corrected chi connectivity index (χ1v) is 12.6. The minimum absolute atomic E-state index is 0.0491. The van der Waals surface area contributed by atoms with E-state index in [1.807, 2.05) is 29.1 Å². The number of Topliss-reactive ketones (excluding diaryl/α,β-unsaturated/α-hetero) is 1. The van der Waals surface area contributed by atoms with Crippen LogP contribution in [0.15, 0.2) is 78.5 Å². The molecule has 2 atom stereocenters. The largest absolute Gasteiger partial charge is 0.295 e. The highest BCUT2D eigenvalue weighted by molar-refractivity contribution is 6.01. The van der Waals surface area contributed by atoms with Crippen LogP contribution >= 0.6 is 0 Å². The van der Waals surface area contributed by atoms with E-state index in [0.717, 1.165) is 59.8 Å². The summed E-state index contributed by atoms with van der Waals surface area (Å²) in [5.41, 5.74) is 6.64. The van der Waals surface area contributed by atoms with E-state index in [1.165, 1.54) is 23.3 Å². The second-order valence-electron chi connectivity index (χ2n) is 10.1. The molecule has 1 aromatic heterocycles. The number of carbonyl (C=O) groups excluding carboxylic acids is 1. The Labute approximate surface area is 205 Å². The number of halogens is 1. The third-order valence-corrected chi connectivity index (χ3v) is 8.25. The van der Waals surface area contributed by atoms with Gasteiger partial charge in [0.05, 0.1) is 17.4 Å². The molecule has 0 saturated heterocycles. The lowest BCUT2D eigenvalue weighted by Gasteiger charge is -2.44. The van der Waals surface area contributed by atoms with Crippen LogP contribution in [0, 0.1) is 11.7 Å². The second-order valence-corrected chi connectivity index (χ2v) is 10.1. The van der Waals surface area contributed by atoms with Gasteiger partial charge >= 0.3 is 0 Å². The van der Waals surface area contributed by atoms with Gasteiger partial charge in [-0.1, -0.05) is 37.3 Å². The number of aromatic nitrogens is 2. The Hall–Kier alpha value is -3.53. The number of allylic oxidation sites excluding steroid dienone is 1. The first kappa shape index (κ1) is 22.0. The van der Waals surface area contributed by atoms with Gasteiger partial charge in [0.25, 0.3) is 0 Å². The van der Waals surface area contributed by atoms with Crippen LogP contribution in [0.3, 0.4) is 0 Å². The van der Waals surface area contributed by atoms with Crippen LogP contribution in [0.25, 0.3) is 22.7 Å². The van der Waals surface area contributed by atoms with Gasteiger partial charge in [0.15, 0.2) is 5.78 Å². The summed E-state index contributed by atoms with van der Waals surface area (Å²) in [5.74, 6) is 0.413. The van der Waals surface area contributed by atoms with Crippen molar-refractivity contribution in [3.63, 3.8) is 0 Å². The SMILES string of the molecule is CC[C@@]12C/C(=C\c3ccccc3)C(=O)C[C@H]1CCCc1cc3c(cnn3-c3ccc(F)cc3)cc12. The van der Waals surface area contributed by atoms with Crippen molar-refractivity contribution in [2.45, 2.75) is 50.9 Å². The maximum absolute atomic E-state index is 13.5. The number of nitrogens with zero attached hydrogens (tertiary/aromatic N) is 2. The molecule has 3 aromatic carbocycles. The standard InChI is InChI=1S/C31H29FN2O/c1-2-31-19-23(15-21-7-4-3-5-8-21)30(35)18-25(31)10-6-9-22-17-29-24(16-28(22)31)20-33-34(29)27-13-11-26(32)12-14-27/h3-5,7-8,11-17,20,25H,2,6,9-10,18-19H2,1H3/b23-15+/t25-,31-/m1/s1. The van der Waals surface area contributed by atoms with Gasteiger partial charge in [0.2, 0.25) is 0 Å². The molecule has 6 rings (SSSR count). The van der Waals surface area contributed by atoms with Crippen LogP contribution < -0.4 is 0 Å². The molecule has 0 N–H and O–H groups in total. The summed E-state index contributed by atoms with van der Waals surface area (Å²) in [7, 11) is 0. The van der Waals surface area contributed by atoms with E-state index in [0.29, 0.717) is 18.1 Å². The Morgan fingerprint density at radius 3 is 2.69 bits per heavy atom. The number of aryl methyl sites for hydroxylation is 1. The minimum Gasteiger partial charge on any atom is -0.295 e. The van der Waals surface area contributed by atoms with Gasteiger partial charge in [-0.15, -0.1) is 0 Å². The Morgan fingerprint density at radius 2 is 1.91 bits per heavy atom. The average Bonchev–Trinajstić information content (AvgIpc) is 3.22. The molecule has 0 spiro atoms. The van der Waals surface area contributed by atoms with Crippen molar-refractivity contribution >= 4 is 22.8 Å². The number of rotatable bonds is 3. The summed E-state index contributed by atoms with van der Waals surface area (Å²) in [6, 6.07) is 21.3. The van der Waals surface area contributed by atoms with Crippen LogP contribution in [-0.2, 0) is 16.6 Å². The van der Waals surface area contributed by atoms with E-state index < -0.39 is 0 Å². The first-order valence-electron chi connectivity index (χ1n) is 12.6. The van der Waals surface area contributed by atoms with Gasteiger partial charge in [-0.25, -0.2) is 9.07 Å². The van der Waals surface area contributed by atoms with Crippen LogP contribution in [0.5, 0.6) is 0 Å². The van der Waals surface area contributed by atoms with Crippen molar-refractivity contribution in [1.29, 1.82) is 0 Å². The van der Waals surface area contributed by atoms with Crippen molar-refractivity contribution in [2.75, 3.05) is 0 Å². The zero-order chi connectivity index (χ0) is 24.0. The smallest absolute Gasteiger partial charge is 0.159 e. The third kappa shape index (κ3) is 3.72. The molecule has 176 valence electrons. The Balaban J connectivity index is 1.48. The molecule has 2 aliphatic rings. The summed E-state index contributed by atoms with van der Waals surface area (Å²) < 4.78 is 15.4. The molecule has 0 aliphatic heterocycles. The molecule has 0 bridgehead atoms. The number of carbonyl (C=O) groups is 1. The molecule has 0 amide bonds. The highest BCUT2D eigenvalue weighted by Gasteiger charge is 2.47. The van der Waals surface area contributed by atoms with Crippen molar-refractivity contribution in [1.82, 2.24) is 9.78 Å². The summed E-state index contributed by atoms with van der Waals surface area (Å²) in [4.78, 5) is 13.2. The van der Waals surface area contributed by atoms with Gasteiger partial charge in [0.1, 0.15) is 5.82 Å². The third-order valence-electron chi connectivity index (χ3n) is 8.25. The zero-order valence-corrected chi connectivity index (χ0v) is 20.0. The number of ketones is 1. The van der Waals surface area contributed by atoms with Crippen molar-refractivity contribution in [3.05, 3.63) is 101 Å². The van der Waals surface area contributed by atoms with Crippen LogP contribution in [-0.4, -0.2) is 15.6 Å². The van der Waals surface area contributed by atoms with E-state index in [-0.39, 0.29) is 11.2 Å². The summed E-state index contributed by atoms with van der Waals surface area (Å²) in [6.07, 6.45) is 9.59. The summed E-state index contributed by atoms with van der Waals surface area (Å²) in [6.45, 7) is 2.28. The monoisotopic (exact) mass is 464 g/mol. The lowest BCUT2D eigenvalue weighted by molar-refractivity contribution is -0.118. The summed E-state index contributed by atoms with van der Waals surface area (Å²) >= 11 is 0. The van der Waals surface area contributed by atoms with Gasteiger partial charge in [-0.2, -0.15) is 5.10 Å². The van der Waals surface area contributed by atoms with Gasteiger partial charge in [-0.3, -0.25) is 4.79 Å². The fraction of sp³-hybridized carbons (Fsp3) is 0.290.